The first-order valence-corrected chi connectivity index (χ1v) is 8.63. The van der Waals surface area contributed by atoms with Crippen molar-refractivity contribution in [3.8, 4) is 0 Å². The Hall–Kier alpha value is -2.83. The van der Waals surface area contributed by atoms with E-state index in [1.807, 2.05) is 18.3 Å². The number of nitrogens with one attached hydrogen (secondary N) is 2. The van der Waals surface area contributed by atoms with Gasteiger partial charge in [-0.1, -0.05) is 0 Å². The van der Waals surface area contributed by atoms with E-state index >= 15 is 0 Å². The van der Waals surface area contributed by atoms with Gasteiger partial charge in [-0.25, -0.2) is 0 Å². The number of carbonyl (C=O) groups is 1. The maximum absolute atomic E-state index is 12.9. The number of amides is 1. The second kappa shape index (κ2) is 6.23. The van der Waals surface area contributed by atoms with Crippen LogP contribution in [0.25, 0.3) is 0 Å². The molecule has 7 heteroatoms. The summed E-state index contributed by atoms with van der Waals surface area (Å²) in [7, 11) is 0. The summed E-state index contributed by atoms with van der Waals surface area (Å²) in [6.07, 6.45) is 5.74. The lowest BCUT2D eigenvalue weighted by Crippen LogP contribution is -2.30. The molecule has 0 bridgehead atoms. The van der Waals surface area contributed by atoms with E-state index in [-0.39, 0.29) is 17.6 Å². The first-order valence-electron chi connectivity index (χ1n) is 8.63. The molecule has 0 unspecified atom stereocenters. The van der Waals surface area contributed by atoms with Crippen LogP contribution in [0.15, 0.2) is 36.5 Å². The fourth-order valence-electron chi connectivity index (χ4n) is 3.44. The van der Waals surface area contributed by atoms with Crippen molar-refractivity contribution in [2.24, 2.45) is 0 Å². The molecule has 1 saturated carbocycles. The minimum absolute atomic E-state index is 0.00539. The van der Waals surface area contributed by atoms with E-state index in [2.05, 4.69) is 10.3 Å². The molecular weight excluding hydrogens is 320 g/mol. The van der Waals surface area contributed by atoms with Crippen molar-refractivity contribution in [3.05, 3.63) is 57.9 Å². The van der Waals surface area contributed by atoms with Gasteiger partial charge in [0.2, 0.25) is 0 Å². The topological polar surface area (TPSA) is 91.3 Å². The van der Waals surface area contributed by atoms with Gasteiger partial charge in [-0.2, -0.15) is 0 Å². The van der Waals surface area contributed by atoms with E-state index in [0.29, 0.717) is 23.8 Å². The van der Waals surface area contributed by atoms with Gasteiger partial charge in [0.1, 0.15) is 5.69 Å². The molecule has 0 spiro atoms. The lowest BCUT2D eigenvalue weighted by atomic mass is 10.1. The number of hydrogen-bond acceptors (Lipinski definition) is 4. The first-order chi connectivity index (χ1) is 12.1. The molecule has 1 atom stereocenters. The van der Waals surface area contributed by atoms with Gasteiger partial charge < -0.3 is 15.2 Å². The Morgan fingerprint density at radius 1 is 1.28 bits per heavy atom. The number of nitro benzene ring substituents is 1. The van der Waals surface area contributed by atoms with Gasteiger partial charge in [0.25, 0.3) is 11.6 Å². The smallest absolute Gasteiger partial charge is 0.293 e. The highest BCUT2D eigenvalue weighted by Crippen LogP contribution is 2.35. The number of benzene rings is 1. The molecule has 1 aromatic carbocycles. The van der Waals surface area contributed by atoms with Crippen LogP contribution in [0.5, 0.6) is 0 Å². The standard InChI is InChI=1S/C18H20N4O3/c23-18(21-10-2-4-16(21)14-3-1-9-19-14)12-5-8-15(20-13-6-7-13)17(11-12)22(24)25/h1,3,5,8-9,11,13,16,19-20H,2,4,6-7,10H2/t16-/m0/s1. The molecule has 2 aliphatic rings. The van der Waals surface area contributed by atoms with Crippen molar-refractivity contribution >= 4 is 17.3 Å². The third-order valence-electron chi connectivity index (χ3n) is 4.87. The fourth-order valence-corrected chi connectivity index (χ4v) is 3.44. The molecule has 4 rings (SSSR count). The van der Waals surface area contributed by atoms with Crippen LogP contribution in [0.4, 0.5) is 11.4 Å². The van der Waals surface area contributed by atoms with Crippen LogP contribution < -0.4 is 5.32 Å². The minimum atomic E-state index is -0.423. The Kier molecular flexibility index (Phi) is 3.91. The van der Waals surface area contributed by atoms with Gasteiger partial charge in [0, 0.05) is 36.1 Å². The maximum Gasteiger partial charge on any atom is 0.293 e. The zero-order chi connectivity index (χ0) is 17.4. The molecule has 1 aliphatic heterocycles. The maximum atomic E-state index is 12.9. The average Bonchev–Trinajstić information content (AvgIpc) is 3.08. The molecule has 1 amide bonds. The molecule has 1 aromatic heterocycles. The second-order valence-electron chi connectivity index (χ2n) is 6.69. The van der Waals surface area contributed by atoms with Gasteiger partial charge in [-0.15, -0.1) is 0 Å². The van der Waals surface area contributed by atoms with Crippen LogP contribution in [0.2, 0.25) is 0 Å². The predicted molar refractivity (Wildman–Crippen MR) is 93.5 cm³/mol. The van der Waals surface area contributed by atoms with E-state index < -0.39 is 4.92 Å². The summed E-state index contributed by atoms with van der Waals surface area (Å²) in [6.45, 7) is 0.665. The van der Waals surface area contributed by atoms with E-state index in [1.165, 1.54) is 6.07 Å². The van der Waals surface area contributed by atoms with Crippen LogP contribution in [-0.2, 0) is 0 Å². The number of aromatic amines is 1. The van der Waals surface area contributed by atoms with Crippen LogP contribution in [0.1, 0.15) is 47.8 Å². The minimum Gasteiger partial charge on any atom is -0.377 e. The number of H-pyrrole nitrogens is 1. The van der Waals surface area contributed by atoms with Crippen LogP contribution in [0.3, 0.4) is 0 Å². The SMILES string of the molecule is O=C(c1ccc(NC2CC2)c([N+](=O)[O-])c1)N1CCC[C@H]1c1ccc[nH]1. The molecular formula is C18H20N4O3. The van der Waals surface area contributed by atoms with Crippen molar-refractivity contribution in [2.45, 2.75) is 37.8 Å². The van der Waals surface area contributed by atoms with Crippen molar-refractivity contribution in [3.63, 3.8) is 0 Å². The number of nitro groups is 1. The van der Waals surface area contributed by atoms with Crippen molar-refractivity contribution in [1.82, 2.24) is 9.88 Å². The Balaban J connectivity index is 1.61. The van der Waals surface area contributed by atoms with Crippen LogP contribution >= 0.6 is 0 Å². The predicted octanol–water partition coefficient (Wildman–Crippen LogP) is 3.47. The normalized spacial score (nSPS) is 19.8. The highest BCUT2D eigenvalue weighted by Gasteiger charge is 2.32. The van der Waals surface area contributed by atoms with E-state index in [1.54, 1.807) is 17.0 Å². The molecule has 0 radical (unpaired) electrons. The summed E-state index contributed by atoms with van der Waals surface area (Å²) in [5.41, 5.74) is 1.83. The summed E-state index contributed by atoms with van der Waals surface area (Å²) < 4.78 is 0. The summed E-state index contributed by atoms with van der Waals surface area (Å²) >= 11 is 0. The first kappa shape index (κ1) is 15.7. The third-order valence-corrected chi connectivity index (χ3v) is 4.87. The van der Waals surface area contributed by atoms with Crippen molar-refractivity contribution < 1.29 is 9.72 Å². The Bertz CT molecular complexity index is 799. The summed E-state index contributed by atoms with van der Waals surface area (Å²) in [5.74, 6) is -0.154. The molecule has 1 saturated heterocycles. The average molecular weight is 340 g/mol. The molecule has 2 heterocycles. The van der Waals surface area contributed by atoms with Gasteiger partial charge in [0.05, 0.1) is 11.0 Å². The Labute approximate surface area is 145 Å². The van der Waals surface area contributed by atoms with E-state index in [0.717, 1.165) is 31.4 Å². The number of anilines is 1. The monoisotopic (exact) mass is 340 g/mol. The lowest BCUT2D eigenvalue weighted by Gasteiger charge is -2.24. The molecule has 2 aromatic rings. The van der Waals surface area contributed by atoms with Crippen LogP contribution in [-0.4, -0.2) is 33.3 Å². The van der Waals surface area contributed by atoms with Crippen molar-refractivity contribution in [1.29, 1.82) is 0 Å². The van der Waals surface area contributed by atoms with E-state index in [9.17, 15) is 14.9 Å². The third kappa shape index (κ3) is 3.09. The largest absolute Gasteiger partial charge is 0.377 e. The number of carbonyl (C=O) groups excluding carboxylic acids is 1. The summed E-state index contributed by atoms with van der Waals surface area (Å²) in [6, 6.07) is 8.95. The quantitative estimate of drug-likeness (QED) is 0.644. The molecule has 2 fully saturated rings. The number of nitrogens with zero attached hydrogens (tertiary/aromatic N) is 2. The fraction of sp³-hybridized carbons (Fsp3) is 0.389. The highest BCUT2D eigenvalue weighted by atomic mass is 16.6. The summed E-state index contributed by atoms with van der Waals surface area (Å²) in [4.78, 5) is 28.9. The molecule has 1 aliphatic carbocycles. The number of hydrogen-bond donors (Lipinski definition) is 2. The molecule has 7 nitrogen and oxygen atoms in total. The molecule has 25 heavy (non-hydrogen) atoms. The number of aromatic nitrogens is 1. The van der Waals surface area contributed by atoms with Crippen LogP contribution in [0, 0.1) is 10.1 Å². The zero-order valence-electron chi connectivity index (χ0n) is 13.8. The molecule has 2 N–H and O–H groups in total. The highest BCUT2D eigenvalue weighted by molar-refractivity contribution is 5.96. The van der Waals surface area contributed by atoms with Gasteiger partial charge in [0.15, 0.2) is 0 Å². The number of rotatable bonds is 5. The van der Waals surface area contributed by atoms with Gasteiger partial charge >= 0.3 is 0 Å². The van der Waals surface area contributed by atoms with E-state index in [4.69, 9.17) is 0 Å². The number of likely N-dealkylation sites (tertiary alicyclic amines) is 1. The Morgan fingerprint density at radius 3 is 2.80 bits per heavy atom. The van der Waals surface area contributed by atoms with Gasteiger partial charge in [-0.05, 0) is 49.9 Å². The molecule has 130 valence electrons. The Morgan fingerprint density at radius 2 is 2.12 bits per heavy atom. The van der Waals surface area contributed by atoms with Crippen molar-refractivity contribution in [2.75, 3.05) is 11.9 Å². The second-order valence-corrected chi connectivity index (χ2v) is 6.69. The van der Waals surface area contributed by atoms with Gasteiger partial charge in [-0.3, -0.25) is 14.9 Å². The lowest BCUT2D eigenvalue weighted by molar-refractivity contribution is -0.384. The summed E-state index contributed by atoms with van der Waals surface area (Å²) in [5, 5.41) is 14.6. The zero-order valence-corrected chi connectivity index (χ0v) is 13.8.